The Morgan fingerprint density at radius 2 is 1.77 bits per heavy atom. The molecule has 3 heterocycles. The summed E-state index contributed by atoms with van der Waals surface area (Å²) >= 11 is 0. The second kappa shape index (κ2) is 10.6. The highest BCUT2D eigenvalue weighted by atomic mass is 16.5. The zero-order valence-electron chi connectivity index (χ0n) is 20.5. The molecule has 0 aliphatic carbocycles. The lowest BCUT2D eigenvalue weighted by atomic mass is 9.86. The van der Waals surface area contributed by atoms with Crippen LogP contribution in [0.4, 0.5) is 0 Å². The Hall–Kier alpha value is -3.12. The van der Waals surface area contributed by atoms with Crippen LogP contribution in [0.1, 0.15) is 55.5 Å². The van der Waals surface area contributed by atoms with Crippen LogP contribution in [0.5, 0.6) is 0 Å². The summed E-state index contributed by atoms with van der Waals surface area (Å²) in [5, 5.41) is 1.16. The smallest absolute Gasteiger partial charge is 0.246 e. The van der Waals surface area contributed by atoms with Gasteiger partial charge in [0.2, 0.25) is 11.8 Å². The summed E-state index contributed by atoms with van der Waals surface area (Å²) in [6.07, 6.45) is 5.11. The van der Waals surface area contributed by atoms with Gasteiger partial charge in [-0.2, -0.15) is 0 Å². The fraction of sp³-hybridized carbons (Fsp3) is 0.448. The number of benzene rings is 2. The number of hydrogen-bond donors (Lipinski definition) is 1. The lowest BCUT2D eigenvalue weighted by Gasteiger charge is -2.47. The highest BCUT2D eigenvalue weighted by molar-refractivity contribution is 5.97. The van der Waals surface area contributed by atoms with Crippen molar-refractivity contribution < 1.29 is 14.3 Å². The topological polar surface area (TPSA) is 65.6 Å². The maximum atomic E-state index is 13.6. The Balaban J connectivity index is 1.38. The molecule has 2 amide bonds. The Labute approximate surface area is 207 Å². The van der Waals surface area contributed by atoms with Gasteiger partial charge >= 0.3 is 0 Å². The molecule has 35 heavy (non-hydrogen) atoms. The molecule has 5 rings (SSSR count). The first-order chi connectivity index (χ1) is 17.2. The molecule has 0 saturated carbocycles. The SMILES string of the molecule is CCCCOCCCN1CC(=O)N2C(Cc3c([nH]c4ccccc34)C2CCc2ccccc2)C1=O. The molecule has 6 heteroatoms. The number of carbonyl (C=O) groups excluding carboxylic acids is 2. The molecule has 0 bridgehead atoms. The Kier molecular flexibility index (Phi) is 7.19. The van der Waals surface area contributed by atoms with E-state index in [2.05, 4.69) is 36.2 Å². The van der Waals surface area contributed by atoms with Gasteiger partial charge in [0.05, 0.1) is 12.6 Å². The van der Waals surface area contributed by atoms with Gasteiger partial charge in [-0.1, -0.05) is 61.9 Å². The second-order valence-electron chi connectivity index (χ2n) is 9.70. The van der Waals surface area contributed by atoms with E-state index in [1.165, 1.54) is 11.1 Å². The number of nitrogens with one attached hydrogen (secondary N) is 1. The normalized spacial score (nSPS) is 19.8. The highest BCUT2D eigenvalue weighted by Gasteiger charge is 2.47. The van der Waals surface area contributed by atoms with E-state index in [1.807, 2.05) is 35.2 Å². The lowest BCUT2D eigenvalue weighted by molar-refractivity contribution is -0.160. The Morgan fingerprint density at radius 3 is 2.60 bits per heavy atom. The number of nitrogens with zero attached hydrogens (tertiary/aromatic N) is 2. The van der Waals surface area contributed by atoms with Gasteiger partial charge in [-0.3, -0.25) is 9.59 Å². The number of aromatic nitrogens is 1. The first kappa shape index (κ1) is 23.6. The summed E-state index contributed by atoms with van der Waals surface area (Å²) < 4.78 is 5.67. The van der Waals surface area contributed by atoms with Crippen LogP contribution < -0.4 is 0 Å². The van der Waals surface area contributed by atoms with Crippen molar-refractivity contribution >= 4 is 22.7 Å². The zero-order chi connectivity index (χ0) is 24.2. The molecule has 2 atom stereocenters. The highest BCUT2D eigenvalue weighted by Crippen LogP contribution is 2.41. The van der Waals surface area contributed by atoms with Crippen molar-refractivity contribution in [3.05, 3.63) is 71.4 Å². The van der Waals surface area contributed by atoms with Crippen LogP contribution >= 0.6 is 0 Å². The number of aryl methyl sites for hydroxylation is 1. The van der Waals surface area contributed by atoms with Crippen molar-refractivity contribution in [1.29, 1.82) is 0 Å². The molecule has 1 saturated heterocycles. The number of amides is 2. The third kappa shape index (κ3) is 4.85. The molecule has 0 spiro atoms. The van der Waals surface area contributed by atoms with E-state index in [-0.39, 0.29) is 24.4 Å². The van der Waals surface area contributed by atoms with Gasteiger partial charge in [-0.15, -0.1) is 0 Å². The fourth-order valence-electron chi connectivity index (χ4n) is 5.59. The van der Waals surface area contributed by atoms with Crippen molar-refractivity contribution in [3.63, 3.8) is 0 Å². The minimum Gasteiger partial charge on any atom is -0.381 e. The van der Waals surface area contributed by atoms with Crippen molar-refractivity contribution in [2.45, 2.75) is 57.5 Å². The van der Waals surface area contributed by atoms with Crippen molar-refractivity contribution in [2.24, 2.45) is 0 Å². The van der Waals surface area contributed by atoms with Gasteiger partial charge in [-0.25, -0.2) is 0 Å². The van der Waals surface area contributed by atoms with Crippen LogP contribution in [0.3, 0.4) is 0 Å². The lowest BCUT2D eigenvalue weighted by Crippen LogP contribution is -2.63. The summed E-state index contributed by atoms with van der Waals surface area (Å²) in [7, 11) is 0. The molecule has 2 aromatic carbocycles. The van der Waals surface area contributed by atoms with Gasteiger partial charge in [0.1, 0.15) is 6.04 Å². The van der Waals surface area contributed by atoms with Crippen LogP contribution in [0, 0.1) is 0 Å². The zero-order valence-corrected chi connectivity index (χ0v) is 20.5. The van der Waals surface area contributed by atoms with E-state index in [4.69, 9.17) is 4.74 Å². The average molecular weight is 474 g/mol. The monoisotopic (exact) mass is 473 g/mol. The summed E-state index contributed by atoms with van der Waals surface area (Å²) in [6, 6.07) is 18.1. The number of piperazine rings is 1. The number of para-hydroxylation sites is 1. The van der Waals surface area contributed by atoms with Crippen molar-refractivity contribution in [1.82, 2.24) is 14.8 Å². The molecule has 6 nitrogen and oxygen atoms in total. The number of ether oxygens (including phenoxy) is 1. The molecule has 184 valence electrons. The Bertz CT molecular complexity index is 1170. The van der Waals surface area contributed by atoms with Crippen molar-refractivity contribution in [3.8, 4) is 0 Å². The number of unbranched alkanes of at least 4 members (excludes halogenated alkanes) is 1. The first-order valence-electron chi connectivity index (χ1n) is 13.0. The fourth-order valence-corrected chi connectivity index (χ4v) is 5.59. The molecule has 3 aromatic rings. The number of fused-ring (bicyclic) bond motifs is 4. The van der Waals surface area contributed by atoms with Gasteiger partial charge in [0.25, 0.3) is 0 Å². The van der Waals surface area contributed by atoms with Gasteiger partial charge in [-0.05, 0) is 42.9 Å². The minimum absolute atomic E-state index is 0.0452. The summed E-state index contributed by atoms with van der Waals surface area (Å²) in [6.45, 7) is 4.24. The summed E-state index contributed by atoms with van der Waals surface area (Å²) in [4.78, 5) is 34.4. The summed E-state index contributed by atoms with van der Waals surface area (Å²) in [5.41, 5.74) is 4.60. The maximum absolute atomic E-state index is 13.6. The van der Waals surface area contributed by atoms with E-state index >= 15 is 0 Å². The van der Waals surface area contributed by atoms with E-state index in [9.17, 15) is 9.59 Å². The van der Waals surface area contributed by atoms with Crippen LogP contribution in [-0.4, -0.2) is 58.9 Å². The van der Waals surface area contributed by atoms with Crippen LogP contribution in [0.2, 0.25) is 0 Å². The molecule has 0 radical (unpaired) electrons. The summed E-state index contributed by atoms with van der Waals surface area (Å²) in [5.74, 6) is 0.114. The van der Waals surface area contributed by atoms with E-state index in [0.717, 1.165) is 55.3 Å². The third-order valence-corrected chi connectivity index (χ3v) is 7.37. The average Bonchev–Trinajstić information content (AvgIpc) is 3.26. The van der Waals surface area contributed by atoms with Gasteiger partial charge in [0, 0.05) is 42.8 Å². The minimum atomic E-state index is -0.440. The van der Waals surface area contributed by atoms with E-state index in [1.54, 1.807) is 4.90 Å². The van der Waals surface area contributed by atoms with E-state index < -0.39 is 6.04 Å². The largest absolute Gasteiger partial charge is 0.381 e. The number of carbonyl (C=O) groups is 2. The molecule has 2 aliphatic heterocycles. The van der Waals surface area contributed by atoms with Gasteiger partial charge < -0.3 is 19.5 Å². The third-order valence-electron chi connectivity index (χ3n) is 7.37. The standard InChI is InChI=1S/C29H35N3O3/c1-2-3-17-35-18-9-16-31-20-27(33)32-25(15-14-21-10-5-4-6-11-21)28-23(19-26(32)29(31)34)22-12-7-8-13-24(22)30-28/h4-8,10-13,25-26,30H,2-3,9,14-20H2,1H3. The van der Waals surface area contributed by atoms with Crippen LogP contribution in [0.15, 0.2) is 54.6 Å². The van der Waals surface area contributed by atoms with Crippen LogP contribution in [0.25, 0.3) is 10.9 Å². The number of H-pyrrole nitrogens is 1. The number of hydrogen-bond acceptors (Lipinski definition) is 3. The predicted octanol–water partition coefficient (Wildman–Crippen LogP) is 4.64. The first-order valence-corrected chi connectivity index (χ1v) is 13.0. The van der Waals surface area contributed by atoms with Crippen molar-refractivity contribution in [2.75, 3.05) is 26.3 Å². The quantitative estimate of drug-likeness (QED) is 0.436. The molecule has 2 unspecified atom stereocenters. The second-order valence-corrected chi connectivity index (χ2v) is 9.70. The number of rotatable bonds is 10. The van der Waals surface area contributed by atoms with E-state index in [0.29, 0.717) is 19.6 Å². The molecular formula is C29H35N3O3. The molecule has 2 aliphatic rings. The maximum Gasteiger partial charge on any atom is 0.246 e. The van der Waals surface area contributed by atoms with Gasteiger partial charge in [0.15, 0.2) is 0 Å². The molecule has 1 N–H and O–H groups in total. The molecular weight excluding hydrogens is 438 g/mol. The molecule has 1 aromatic heterocycles. The molecule has 1 fully saturated rings. The number of aromatic amines is 1. The predicted molar refractivity (Wildman–Crippen MR) is 137 cm³/mol. The Morgan fingerprint density at radius 1 is 1.00 bits per heavy atom. The van der Waals surface area contributed by atoms with Crippen LogP contribution in [-0.2, 0) is 27.2 Å².